The third-order valence-corrected chi connectivity index (χ3v) is 3.80. The van der Waals surface area contributed by atoms with Gasteiger partial charge in [-0.3, -0.25) is 9.59 Å². The molecule has 4 heteroatoms. The number of rotatable bonds is 4. The Bertz CT molecular complexity index is 720. The molecule has 2 aromatic carbocycles. The van der Waals surface area contributed by atoms with Crippen molar-refractivity contribution in [1.29, 1.82) is 0 Å². The molecule has 4 nitrogen and oxygen atoms in total. The van der Waals surface area contributed by atoms with Gasteiger partial charge in [-0.05, 0) is 41.3 Å². The molecule has 0 fully saturated rings. The predicted octanol–water partition coefficient (Wildman–Crippen LogP) is 2.63. The molecule has 1 aliphatic heterocycles. The number of phenolic OH excluding ortho intramolecular Hbond substituents is 1. The first-order valence-electron chi connectivity index (χ1n) is 7.31. The zero-order chi connectivity index (χ0) is 15.5. The molecule has 0 saturated heterocycles. The van der Waals surface area contributed by atoms with Crippen LogP contribution in [0.25, 0.3) is 0 Å². The van der Waals surface area contributed by atoms with E-state index in [1.54, 1.807) is 24.3 Å². The molecule has 0 spiro atoms. The topological polar surface area (TPSA) is 66.4 Å². The summed E-state index contributed by atoms with van der Waals surface area (Å²) in [6.45, 7) is 0. The Morgan fingerprint density at radius 1 is 1.00 bits per heavy atom. The SMILES string of the molecule is O=C(Cc1ccc(O)cc1)Cc1ccc2c(c1)CCC(=O)N2. The van der Waals surface area contributed by atoms with Gasteiger partial charge in [-0.1, -0.05) is 24.3 Å². The van der Waals surface area contributed by atoms with E-state index in [1.165, 1.54) is 0 Å². The van der Waals surface area contributed by atoms with Gasteiger partial charge < -0.3 is 10.4 Å². The van der Waals surface area contributed by atoms with Crippen LogP contribution >= 0.6 is 0 Å². The second-order valence-electron chi connectivity index (χ2n) is 5.60. The van der Waals surface area contributed by atoms with Crippen molar-refractivity contribution in [1.82, 2.24) is 0 Å². The number of hydrogen-bond acceptors (Lipinski definition) is 3. The van der Waals surface area contributed by atoms with E-state index < -0.39 is 0 Å². The number of benzene rings is 2. The van der Waals surface area contributed by atoms with Crippen molar-refractivity contribution >= 4 is 17.4 Å². The van der Waals surface area contributed by atoms with Crippen molar-refractivity contribution in [2.24, 2.45) is 0 Å². The van der Waals surface area contributed by atoms with Gasteiger partial charge in [0.2, 0.25) is 5.91 Å². The average molecular weight is 295 g/mol. The van der Waals surface area contributed by atoms with Crippen LogP contribution in [-0.4, -0.2) is 16.8 Å². The number of Topliss-reactive ketones (excluding diaryl/α,β-unsaturated/α-hetero) is 1. The zero-order valence-corrected chi connectivity index (χ0v) is 12.1. The Balaban J connectivity index is 1.66. The molecule has 2 N–H and O–H groups in total. The Hall–Kier alpha value is -2.62. The number of carbonyl (C=O) groups excluding carboxylic acids is 2. The second-order valence-corrected chi connectivity index (χ2v) is 5.60. The lowest BCUT2D eigenvalue weighted by atomic mass is 9.97. The van der Waals surface area contributed by atoms with Gasteiger partial charge in [-0.2, -0.15) is 0 Å². The molecule has 0 unspecified atom stereocenters. The van der Waals surface area contributed by atoms with Crippen molar-refractivity contribution in [2.75, 3.05) is 5.32 Å². The summed E-state index contributed by atoms with van der Waals surface area (Å²) in [7, 11) is 0. The van der Waals surface area contributed by atoms with E-state index in [0.717, 1.165) is 28.8 Å². The molecule has 1 heterocycles. The highest BCUT2D eigenvalue weighted by Gasteiger charge is 2.15. The third-order valence-electron chi connectivity index (χ3n) is 3.80. The molecule has 1 amide bonds. The molecular weight excluding hydrogens is 278 g/mol. The summed E-state index contributed by atoms with van der Waals surface area (Å²) in [5.74, 6) is 0.377. The Morgan fingerprint density at radius 3 is 2.45 bits per heavy atom. The summed E-state index contributed by atoms with van der Waals surface area (Å²) in [6.07, 6.45) is 1.95. The molecule has 2 aromatic rings. The molecular formula is C18H17NO3. The summed E-state index contributed by atoms with van der Waals surface area (Å²) in [4.78, 5) is 23.5. The molecule has 0 atom stereocenters. The van der Waals surface area contributed by atoms with Gasteiger partial charge >= 0.3 is 0 Å². The maximum absolute atomic E-state index is 12.2. The Kier molecular flexibility index (Phi) is 3.92. The number of aryl methyl sites for hydroxylation is 1. The van der Waals surface area contributed by atoms with E-state index in [0.29, 0.717) is 19.3 Å². The van der Waals surface area contributed by atoms with E-state index in [1.807, 2.05) is 18.2 Å². The summed E-state index contributed by atoms with van der Waals surface area (Å²) < 4.78 is 0. The van der Waals surface area contributed by atoms with Crippen LogP contribution < -0.4 is 5.32 Å². The number of anilines is 1. The van der Waals surface area contributed by atoms with Crippen molar-refractivity contribution < 1.29 is 14.7 Å². The number of ketones is 1. The van der Waals surface area contributed by atoms with Crippen LogP contribution in [0.4, 0.5) is 5.69 Å². The van der Waals surface area contributed by atoms with Crippen molar-refractivity contribution in [3.63, 3.8) is 0 Å². The highest BCUT2D eigenvalue weighted by molar-refractivity contribution is 5.94. The van der Waals surface area contributed by atoms with Crippen LogP contribution in [0.5, 0.6) is 5.75 Å². The van der Waals surface area contributed by atoms with E-state index in [4.69, 9.17) is 0 Å². The van der Waals surface area contributed by atoms with Crippen LogP contribution in [0, 0.1) is 0 Å². The number of hydrogen-bond donors (Lipinski definition) is 2. The molecule has 1 aliphatic rings. The minimum atomic E-state index is 0.0451. The third kappa shape index (κ3) is 3.34. The number of phenols is 1. The van der Waals surface area contributed by atoms with E-state index in [9.17, 15) is 14.7 Å². The van der Waals surface area contributed by atoms with Crippen LogP contribution in [-0.2, 0) is 28.9 Å². The number of aromatic hydroxyl groups is 1. The lowest BCUT2D eigenvalue weighted by molar-refractivity contribution is -0.118. The van der Waals surface area contributed by atoms with Gasteiger partial charge in [0.05, 0.1) is 0 Å². The summed E-state index contributed by atoms with van der Waals surface area (Å²) >= 11 is 0. The highest BCUT2D eigenvalue weighted by atomic mass is 16.3. The number of nitrogens with one attached hydrogen (secondary N) is 1. The molecule has 3 rings (SSSR count). The van der Waals surface area contributed by atoms with Gasteiger partial charge in [-0.25, -0.2) is 0 Å². The maximum Gasteiger partial charge on any atom is 0.224 e. The molecule has 0 radical (unpaired) electrons. The quantitative estimate of drug-likeness (QED) is 0.911. The van der Waals surface area contributed by atoms with Crippen molar-refractivity contribution in [3.05, 3.63) is 59.2 Å². The van der Waals surface area contributed by atoms with Crippen LogP contribution in [0.3, 0.4) is 0 Å². The van der Waals surface area contributed by atoms with Gasteiger partial charge in [-0.15, -0.1) is 0 Å². The first-order valence-corrected chi connectivity index (χ1v) is 7.31. The summed E-state index contributed by atoms with van der Waals surface area (Å²) in [6, 6.07) is 12.5. The molecule has 112 valence electrons. The molecule has 0 saturated carbocycles. The fourth-order valence-corrected chi connectivity index (χ4v) is 2.68. The van der Waals surface area contributed by atoms with Crippen molar-refractivity contribution in [3.8, 4) is 5.75 Å². The Morgan fingerprint density at radius 2 is 1.68 bits per heavy atom. The second kappa shape index (κ2) is 6.02. The summed E-state index contributed by atoms with van der Waals surface area (Å²) in [5.41, 5.74) is 3.81. The molecule has 0 aromatic heterocycles. The van der Waals surface area contributed by atoms with Crippen LogP contribution in [0.15, 0.2) is 42.5 Å². The molecule has 22 heavy (non-hydrogen) atoms. The van der Waals surface area contributed by atoms with Gasteiger partial charge in [0, 0.05) is 24.9 Å². The highest BCUT2D eigenvalue weighted by Crippen LogP contribution is 2.24. The van der Waals surface area contributed by atoms with E-state index in [-0.39, 0.29) is 17.4 Å². The predicted molar refractivity (Wildman–Crippen MR) is 83.9 cm³/mol. The lowest BCUT2D eigenvalue weighted by Crippen LogP contribution is -2.19. The Labute approximate surface area is 128 Å². The standard InChI is InChI=1S/C18H17NO3/c20-15-5-1-12(2-6-15)10-16(21)11-13-3-7-17-14(9-13)4-8-18(22)19-17/h1-3,5-7,9,20H,4,8,10-11H2,(H,19,22). The van der Waals surface area contributed by atoms with Gasteiger partial charge in [0.1, 0.15) is 11.5 Å². The minimum Gasteiger partial charge on any atom is -0.508 e. The zero-order valence-electron chi connectivity index (χ0n) is 12.1. The first kappa shape index (κ1) is 14.3. The van der Waals surface area contributed by atoms with Crippen LogP contribution in [0.1, 0.15) is 23.1 Å². The summed E-state index contributed by atoms with van der Waals surface area (Å²) in [5, 5.41) is 12.1. The normalized spacial score (nSPS) is 13.4. The van der Waals surface area contributed by atoms with Crippen molar-refractivity contribution in [2.45, 2.75) is 25.7 Å². The van der Waals surface area contributed by atoms with Crippen LogP contribution in [0.2, 0.25) is 0 Å². The first-order chi connectivity index (χ1) is 10.6. The fraction of sp³-hybridized carbons (Fsp3) is 0.222. The lowest BCUT2D eigenvalue weighted by Gasteiger charge is -2.17. The molecule has 0 aliphatic carbocycles. The number of carbonyl (C=O) groups is 2. The minimum absolute atomic E-state index is 0.0451. The number of fused-ring (bicyclic) bond motifs is 1. The monoisotopic (exact) mass is 295 g/mol. The van der Waals surface area contributed by atoms with Gasteiger partial charge in [0.25, 0.3) is 0 Å². The van der Waals surface area contributed by atoms with E-state index >= 15 is 0 Å². The molecule has 0 bridgehead atoms. The maximum atomic E-state index is 12.2. The smallest absolute Gasteiger partial charge is 0.224 e. The number of amides is 1. The fourth-order valence-electron chi connectivity index (χ4n) is 2.68. The van der Waals surface area contributed by atoms with Gasteiger partial charge in [0.15, 0.2) is 0 Å². The average Bonchev–Trinajstić information content (AvgIpc) is 2.50. The largest absolute Gasteiger partial charge is 0.508 e. The van der Waals surface area contributed by atoms with E-state index in [2.05, 4.69) is 5.32 Å².